The van der Waals surface area contributed by atoms with Gasteiger partial charge in [-0.3, -0.25) is 4.79 Å². The van der Waals surface area contributed by atoms with E-state index in [9.17, 15) is 10.1 Å². The smallest absolute Gasteiger partial charge is 0.302 e. The minimum Gasteiger partial charge on any atom is -0.462 e. The third-order valence-electron chi connectivity index (χ3n) is 11.1. The predicted octanol–water partition coefficient (Wildman–Crippen LogP) is 7.83. The zero-order valence-corrected chi connectivity index (χ0v) is 23.9. The molecule has 0 spiro atoms. The van der Waals surface area contributed by atoms with E-state index in [1.165, 1.54) is 31.8 Å². The molecular weight excluding hydrogens is 506 g/mol. The highest BCUT2D eigenvalue weighted by atomic mass is 35.5. The Morgan fingerprint density at radius 3 is 2.62 bits per heavy atom. The number of pyridine rings is 1. The minimum atomic E-state index is -0.167. The summed E-state index contributed by atoms with van der Waals surface area (Å²) >= 11 is 6.14. The maximum Gasteiger partial charge on any atom is 0.302 e. The maximum atomic E-state index is 11.6. The number of fused-ring (bicyclic) bond motifs is 5. The van der Waals surface area contributed by atoms with Crippen molar-refractivity contribution < 1.29 is 9.53 Å². The van der Waals surface area contributed by atoms with E-state index >= 15 is 0 Å². The van der Waals surface area contributed by atoms with Crippen LogP contribution in [0.15, 0.2) is 42.0 Å². The van der Waals surface area contributed by atoms with E-state index in [2.05, 4.69) is 32.1 Å². The lowest BCUT2D eigenvalue weighted by Gasteiger charge is -2.58. The number of carbonyl (C=O) groups is 1. The molecule has 2 aromatic rings. The van der Waals surface area contributed by atoms with E-state index in [4.69, 9.17) is 27.1 Å². The van der Waals surface area contributed by atoms with Crippen LogP contribution in [0.2, 0.25) is 5.02 Å². The largest absolute Gasteiger partial charge is 0.462 e. The molecule has 0 amide bonds. The van der Waals surface area contributed by atoms with Crippen molar-refractivity contribution in [2.75, 3.05) is 5.73 Å². The molecule has 3 saturated carbocycles. The highest BCUT2D eigenvalue weighted by Crippen LogP contribution is 2.68. The predicted molar refractivity (Wildman–Crippen MR) is 154 cm³/mol. The highest BCUT2D eigenvalue weighted by Gasteiger charge is 2.59. The fourth-order valence-electron chi connectivity index (χ4n) is 9.19. The number of hydrogen-bond acceptors (Lipinski definition) is 5. The zero-order valence-electron chi connectivity index (χ0n) is 23.2. The van der Waals surface area contributed by atoms with E-state index in [1.54, 1.807) is 0 Å². The van der Waals surface area contributed by atoms with Crippen molar-refractivity contribution in [1.82, 2.24) is 4.98 Å². The zero-order chi connectivity index (χ0) is 27.5. The Morgan fingerprint density at radius 1 is 1.13 bits per heavy atom. The van der Waals surface area contributed by atoms with Crippen LogP contribution in [0.5, 0.6) is 0 Å². The number of nitrogen functional groups attached to an aromatic ring is 1. The van der Waals surface area contributed by atoms with Gasteiger partial charge in [-0.15, -0.1) is 0 Å². The van der Waals surface area contributed by atoms with Crippen LogP contribution in [0, 0.1) is 39.9 Å². The molecule has 39 heavy (non-hydrogen) atoms. The first-order valence-electron chi connectivity index (χ1n) is 14.5. The third-order valence-corrected chi connectivity index (χ3v) is 11.3. The number of halogens is 1. The summed E-state index contributed by atoms with van der Waals surface area (Å²) in [5.41, 5.74) is 11.6. The molecule has 0 aliphatic heterocycles. The molecule has 7 atom stereocenters. The van der Waals surface area contributed by atoms with Crippen LogP contribution in [0.3, 0.4) is 0 Å². The Bertz CT molecular complexity index is 1380. The summed E-state index contributed by atoms with van der Waals surface area (Å²) in [5.74, 6) is 2.46. The second-order valence-corrected chi connectivity index (χ2v) is 13.3. The van der Waals surface area contributed by atoms with E-state index in [1.807, 2.05) is 24.3 Å². The molecule has 204 valence electrons. The Kier molecular flexibility index (Phi) is 6.54. The number of ether oxygens (including phenoxy) is 1. The molecule has 6 rings (SSSR count). The van der Waals surface area contributed by atoms with Gasteiger partial charge >= 0.3 is 5.97 Å². The average Bonchev–Trinajstić information content (AvgIpc) is 3.26. The van der Waals surface area contributed by atoms with Crippen LogP contribution in [0.4, 0.5) is 5.82 Å². The molecule has 4 aliphatic carbocycles. The van der Waals surface area contributed by atoms with E-state index in [-0.39, 0.29) is 22.9 Å². The molecule has 2 N–H and O–H groups in total. The fraction of sp³-hybridized carbons (Fsp3) is 0.545. The summed E-state index contributed by atoms with van der Waals surface area (Å²) < 4.78 is 5.62. The van der Waals surface area contributed by atoms with Crippen molar-refractivity contribution in [1.29, 1.82) is 5.26 Å². The van der Waals surface area contributed by atoms with Crippen LogP contribution in [-0.4, -0.2) is 17.1 Å². The summed E-state index contributed by atoms with van der Waals surface area (Å²) in [4.78, 5) is 16.4. The number of rotatable bonds is 3. The molecule has 0 radical (unpaired) electrons. The molecular formula is C33H38ClN3O2. The lowest BCUT2D eigenvalue weighted by Crippen LogP contribution is -2.50. The van der Waals surface area contributed by atoms with Gasteiger partial charge in [0.25, 0.3) is 0 Å². The lowest BCUT2D eigenvalue weighted by molar-refractivity contribution is -0.148. The van der Waals surface area contributed by atoms with Gasteiger partial charge in [0.05, 0.1) is 0 Å². The number of nitrogens with zero attached hydrogens (tertiary/aromatic N) is 2. The average molecular weight is 544 g/mol. The van der Waals surface area contributed by atoms with Crippen LogP contribution >= 0.6 is 11.6 Å². The van der Waals surface area contributed by atoms with Crippen molar-refractivity contribution in [3.8, 4) is 17.2 Å². The van der Waals surface area contributed by atoms with Gasteiger partial charge in [0.2, 0.25) is 0 Å². The van der Waals surface area contributed by atoms with Crippen molar-refractivity contribution in [3.05, 3.63) is 58.3 Å². The molecule has 0 saturated heterocycles. The Balaban J connectivity index is 1.31. The van der Waals surface area contributed by atoms with Crippen molar-refractivity contribution >= 4 is 23.4 Å². The topological polar surface area (TPSA) is 89.0 Å². The van der Waals surface area contributed by atoms with E-state index in [0.29, 0.717) is 40.1 Å². The quantitative estimate of drug-likeness (QED) is 0.314. The normalized spacial score (nSPS) is 35.2. The molecule has 3 fully saturated rings. The monoisotopic (exact) mass is 543 g/mol. The first-order valence-corrected chi connectivity index (χ1v) is 14.8. The van der Waals surface area contributed by atoms with Gasteiger partial charge in [-0.2, -0.15) is 5.26 Å². The number of benzene rings is 1. The van der Waals surface area contributed by atoms with Gasteiger partial charge in [0.15, 0.2) is 0 Å². The van der Waals surface area contributed by atoms with Crippen LogP contribution < -0.4 is 5.73 Å². The molecule has 1 heterocycles. The van der Waals surface area contributed by atoms with E-state index in [0.717, 1.165) is 48.9 Å². The van der Waals surface area contributed by atoms with Crippen molar-refractivity contribution in [2.24, 2.45) is 28.6 Å². The summed E-state index contributed by atoms with van der Waals surface area (Å²) in [6.45, 7) is 6.49. The summed E-state index contributed by atoms with van der Waals surface area (Å²) in [7, 11) is 0. The molecule has 5 nitrogen and oxygen atoms in total. The maximum absolute atomic E-state index is 11.6. The summed E-state index contributed by atoms with van der Waals surface area (Å²) in [6.07, 6.45) is 11.3. The van der Waals surface area contributed by atoms with Gasteiger partial charge in [0, 0.05) is 35.5 Å². The Hall–Kier alpha value is -2.84. The standard InChI is InChI=1S/C33H38ClN3O2/c1-19(38)39-23-12-14-32(2)21(16-23)6-9-24-27-10-11-29(33(27,3)15-13-28(24)32)30-17-25(26(18-35)31(36)37-30)20-4-7-22(34)8-5-20/h4-8,17,23-24,27-29H,9-16H2,1-3H3,(H2,36,37)/t23-,24-,27-,28-,29+,32-,33-/m0/s1. The molecule has 1 aromatic carbocycles. The highest BCUT2D eigenvalue weighted by molar-refractivity contribution is 6.30. The number of anilines is 1. The molecule has 0 unspecified atom stereocenters. The number of hydrogen-bond donors (Lipinski definition) is 1. The first-order chi connectivity index (χ1) is 18.6. The summed E-state index contributed by atoms with van der Waals surface area (Å²) in [5, 5.41) is 10.6. The van der Waals surface area contributed by atoms with Crippen molar-refractivity contribution in [3.63, 3.8) is 0 Å². The van der Waals surface area contributed by atoms with Crippen LogP contribution in [-0.2, 0) is 9.53 Å². The number of aromatic nitrogens is 1. The molecule has 1 aromatic heterocycles. The number of carbonyl (C=O) groups excluding carboxylic acids is 1. The van der Waals surface area contributed by atoms with Gasteiger partial charge < -0.3 is 10.5 Å². The fourth-order valence-corrected chi connectivity index (χ4v) is 9.31. The van der Waals surface area contributed by atoms with Gasteiger partial charge in [0.1, 0.15) is 23.6 Å². The van der Waals surface area contributed by atoms with E-state index < -0.39 is 0 Å². The number of allylic oxidation sites excluding steroid dienone is 1. The van der Waals surface area contributed by atoms with Crippen LogP contribution in [0.25, 0.3) is 11.1 Å². The second kappa shape index (κ2) is 9.66. The third kappa shape index (κ3) is 4.27. The Morgan fingerprint density at radius 2 is 1.90 bits per heavy atom. The first kappa shape index (κ1) is 26.4. The number of esters is 1. The number of nitriles is 1. The van der Waals surface area contributed by atoms with Crippen LogP contribution in [0.1, 0.15) is 89.3 Å². The van der Waals surface area contributed by atoms with Gasteiger partial charge in [-0.25, -0.2) is 4.98 Å². The van der Waals surface area contributed by atoms with Crippen molar-refractivity contribution in [2.45, 2.75) is 84.2 Å². The SMILES string of the molecule is CC(=O)O[C@H]1CC[C@@]2(C)C(=CC[C@H]3[C@@H]4CC[C@H](c5cc(-c6ccc(Cl)cc6)c(C#N)c(N)n5)[C@@]4(C)CC[C@@H]32)C1. The lowest BCUT2D eigenvalue weighted by atomic mass is 9.47. The minimum absolute atomic E-state index is 0.0332. The Labute approximate surface area is 236 Å². The van der Waals surface area contributed by atoms with Gasteiger partial charge in [-0.1, -0.05) is 49.2 Å². The molecule has 4 aliphatic rings. The second-order valence-electron chi connectivity index (χ2n) is 12.9. The molecule has 6 heteroatoms. The number of nitrogens with two attached hydrogens (primary N) is 1. The summed E-state index contributed by atoms with van der Waals surface area (Å²) in [6, 6.07) is 12.0. The molecule has 0 bridgehead atoms. The van der Waals surface area contributed by atoms with Gasteiger partial charge in [-0.05, 0) is 97.3 Å².